The number of amides is 1. The maximum atomic E-state index is 13.1. The summed E-state index contributed by atoms with van der Waals surface area (Å²) in [5.41, 5.74) is 2.96. The Kier molecular flexibility index (Phi) is 7.70. The molecule has 1 aliphatic rings. The maximum Gasteiger partial charge on any atom is 0.387 e. The van der Waals surface area contributed by atoms with Crippen molar-refractivity contribution >= 4 is 22.8 Å². The van der Waals surface area contributed by atoms with E-state index in [1.54, 1.807) is 49.2 Å². The quantitative estimate of drug-likeness (QED) is 0.339. The van der Waals surface area contributed by atoms with E-state index in [1.807, 2.05) is 28.9 Å². The molecule has 4 aromatic rings. The summed E-state index contributed by atoms with van der Waals surface area (Å²) in [6.07, 6.45) is 3.55. The van der Waals surface area contributed by atoms with Crippen molar-refractivity contribution in [3.63, 3.8) is 0 Å². The van der Waals surface area contributed by atoms with E-state index in [9.17, 15) is 18.4 Å². The van der Waals surface area contributed by atoms with Crippen molar-refractivity contribution in [2.24, 2.45) is 7.05 Å². The van der Waals surface area contributed by atoms with Crippen molar-refractivity contribution in [3.05, 3.63) is 70.3 Å². The fourth-order valence-electron chi connectivity index (χ4n) is 5.31. The molecule has 3 heterocycles. The minimum atomic E-state index is -3.02. The highest BCUT2D eigenvalue weighted by Gasteiger charge is 2.26. The second-order valence-corrected chi connectivity index (χ2v) is 10.1. The first-order valence-corrected chi connectivity index (χ1v) is 13.1. The van der Waals surface area contributed by atoms with E-state index in [0.717, 1.165) is 11.1 Å². The van der Waals surface area contributed by atoms with Crippen molar-refractivity contribution in [2.45, 2.75) is 39.5 Å². The predicted octanol–water partition coefficient (Wildman–Crippen LogP) is 3.57. The van der Waals surface area contributed by atoms with Crippen molar-refractivity contribution in [1.82, 2.24) is 24.2 Å². The number of rotatable bonds is 7. The molecule has 2 aromatic carbocycles. The number of nitrogens with zero attached hydrogens (tertiary/aromatic N) is 7. The van der Waals surface area contributed by atoms with Gasteiger partial charge in [-0.2, -0.15) is 14.0 Å². The minimum absolute atomic E-state index is 0.0189. The van der Waals surface area contributed by atoms with E-state index in [1.165, 1.54) is 10.7 Å². The number of alkyl halides is 2. The number of ether oxygens (including phenoxy) is 1. The zero-order valence-corrected chi connectivity index (χ0v) is 22.9. The zero-order valence-electron chi connectivity index (χ0n) is 22.9. The van der Waals surface area contributed by atoms with Gasteiger partial charge in [0.05, 0.1) is 29.9 Å². The van der Waals surface area contributed by atoms with Crippen LogP contribution in [0.3, 0.4) is 0 Å². The molecule has 10 nitrogen and oxygen atoms in total. The van der Waals surface area contributed by atoms with E-state index in [4.69, 9.17) is 10.00 Å². The van der Waals surface area contributed by atoms with Crippen molar-refractivity contribution < 1.29 is 18.3 Å². The SMILES string of the molecule is CC(=O)N1CCN(c2ncc(-c3ccc4c(=O)n(C)n(Cc5cc(CC#N)ccc5OC(F)F)c4c3)cn2)CC1C. The maximum absolute atomic E-state index is 13.1. The molecule has 1 amide bonds. The van der Waals surface area contributed by atoms with Crippen LogP contribution in [-0.2, 0) is 24.8 Å². The van der Waals surface area contributed by atoms with Crippen molar-refractivity contribution in [3.8, 4) is 22.9 Å². The summed E-state index contributed by atoms with van der Waals surface area (Å²) >= 11 is 0. The first-order valence-electron chi connectivity index (χ1n) is 13.1. The molecule has 0 aliphatic carbocycles. The number of nitriles is 1. The van der Waals surface area contributed by atoms with Gasteiger partial charge in [0.2, 0.25) is 11.9 Å². The number of halogens is 2. The summed E-state index contributed by atoms with van der Waals surface area (Å²) < 4.78 is 34.1. The number of piperazine rings is 1. The van der Waals surface area contributed by atoms with Gasteiger partial charge in [0, 0.05) is 63.2 Å². The molecule has 0 spiro atoms. The Hall–Kier alpha value is -4.79. The van der Waals surface area contributed by atoms with Crippen LogP contribution in [0.1, 0.15) is 25.0 Å². The van der Waals surface area contributed by atoms with Gasteiger partial charge >= 0.3 is 6.61 Å². The van der Waals surface area contributed by atoms with Crippen LogP contribution in [0.15, 0.2) is 53.6 Å². The Labute approximate surface area is 235 Å². The molecule has 0 bridgehead atoms. The lowest BCUT2D eigenvalue weighted by Gasteiger charge is -2.39. The van der Waals surface area contributed by atoms with Crippen LogP contribution in [0.5, 0.6) is 5.75 Å². The number of hydrogen-bond donors (Lipinski definition) is 0. The molecule has 1 unspecified atom stereocenters. The van der Waals surface area contributed by atoms with Gasteiger partial charge in [0.15, 0.2) is 0 Å². The summed E-state index contributed by atoms with van der Waals surface area (Å²) in [6.45, 7) is 2.50. The van der Waals surface area contributed by atoms with Crippen LogP contribution >= 0.6 is 0 Å². The monoisotopic (exact) mass is 561 g/mol. The highest BCUT2D eigenvalue weighted by molar-refractivity contribution is 5.84. The highest BCUT2D eigenvalue weighted by atomic mass is 19.3. The molecule has 0 radical (unpaired) electrons. The average molecular weight is 562 g/mol. The number of carbonyl (C=O) groups excluding carboxylic acids is 1. The molecule has 212 valence electrons. The van der Waals surface area contributed by atoms with Crippen LogP contribution in [0.25, 0.3) is 22.0 Å². The van der Waals surface area contributed by atoms with E-state index >= 15 is 0 Å². The third-order valence-corrected chi connectivity index (χ3v) is 7.39. The number of aromatic nitrogens is 4. The molecule has 1 fully saturated rings. The fourth-order valence-corrected chi connectivity index (χ4v) is 5.31. The number of carbonyl (C=O) groups is 1. The predicted molar refractivity (Wildman–Crippen MR) is 149 cm³/mol. The van der Waals surface area contributed by atoms with Crippen LogP contribution in [-0.4, -0.2) is 62.4 Å². The van der Waals surface area contributed by atoms with E-state index < -0.39 is 6.61 Å². The van der Waals surface area contributed by atoms with Crippen LogP contribution in [0.2, 0.25) is 0 Å². The summed E-state index contributed by atoms with van der Waals surface area (Å²) in [5.74, 6) is 0.607. The lowest BCUT2D eigenvalue weighted by Crippen LogP contribution is -2.53. The number of fused-ring (bicyclic) bond motifs is 1. The second-order valence-electron chi connectivity index (χ2n) is 10.1. The average Bonchev–Trinajstić information content (AvgIpc) is 3.18. The Morgan fingerprint density at radius 3 is 2.56 bits per heavy atom. The second kappa shape index (κ2) is 11.4. The molecule has 1 atom stereocenters. The van der Waals surface area contributed by atoms with Gasteiger partial charge in [0.25, 0.3) is 5.56 Å². The van der Waals surface area contributed by atoms with Gasteiger partial charge in [-0.05, 0) is 42.3 Å². The number of anilines is 1. The Morgan fingerprint density at radius 1 is 1.15 bits per heavy atom. The summed E-state index contributed by atoms with van der Waals surface area (Å²) in [4.78, 5) is 37.8. The summed E-state index contributed by atoms with van der Waals surface area (Å²) in [6, 6.07) is 12.1. The van der Waals surface area contributed by atoms with Gasteiger partial charge in [-0.25, -0.2) is 9.97 Å². The molecule has 0 N–H and O–H groups in total. The largest absolute Gasteiger partial charge is 0.434 e. The van der Waals surface area contributed by atoms with Gasteiger partial charge in [-0.3, -0.25) is 19.0 Å². The molecule has 0 saturated carbocycles. The molecular weight excluding hydrogens is 532 g/mol. The molecular formula is C29H29F2N7O3. The first kappa shape index (κ1) is 27.8. The molecule has 1 aliphatic heterocycles. The van der Waals surface area contributed by atoms with Crippen LogP contribution < -0.4 is 15.2 Å². The highest BCUT2D eigenvalue weighted by Crippen LogP contribution is 2.28. The Bertz CT molecular complexity index is 1690. The molecule has 41 heavy (non-hydrogen) atoms. The van der Waals surface area contributed by atoms with Gasteiger partial charge < -0.3 is 14.5 Å². The van der Waals surface area contributed by atoms with E-state index in [-0.39, 0.29) is 36.2 Å². The third kappa shape index (κ3) is 5.61. The Morgan fingerprint density at radius 2 is 1.90 bits per heavy atom. The molecule has 5 rings (SSSR count). The normalized spacial score (nSPS) is 15.4. The first-order chi connectivity index (χ1) is 19.7. The standard InChI is InChI=1S/C29H29F2N7O3/c1-18-16-36(10-11-37(18)19(2)39)29-33-14-23(15-34-29)21-5-6-24-25(13-21)38(35(3)27(24)40)17-22-12-20(8-9-32)4-7-26(22)41-28(30)31/h4-7,12-15,18,28H,8,10-11,16-17H2,1-3H3. The van der Waals surface area contributed by atoms with Crippen LogP contribution in [0.4, 0.5) is 14.7 Å². The van der Waals surface area contributed by atoms with Crippen molar-refractivity contribution in [1.29, 1.82) is 5.26 Å². The lowest BCUT2D eigenvalue weighted by molar-refractivity contribution is -0.131. The molecule has 2 aromatic heterocycles. The lowest BCUT2D eigenvalue weighted by atomic mass is 10.1. The topological polar surface area (TPSA) is 109 Å². The van der Waals surface area contributed by atoms with Gasteiger partial charge in [0.1, 0.15) is 5.75 Å². The molecule has 1 saturated heterocycles. The summed E-state index contributed by atoms with van der Waals surface area (Å²) in [7, 11) is 1.61. The zero-order chi connectivity index (χ0) is 29.3. The number of benzene rings is 2. The molecule has 12 heteroatoms. The fraction of sp³-hybridized carbons (Fsp3) is 0.345. The van der Waals surface area contributed by atoms with Gasteiger partial charge in [-0.1, -0.05) is 12.1 Å². The number of hydrogen-bond acceptors (Lipinski definition) is 7. The van der Waals surface area contributed by atoms with E-state index in [2.05, 4.69) is 16.0 Å². The summed E-state index contributed by atoms with van der Waals surface area (Å²) in [5, 5.41) is 9.57. The van der Waals surface area contributed by atoms with Crippen LogP contribution in [0, 0.1) is 11.3 Å². The third-order valence-electron chi connectivity index (χ3n) is 7.39. The van der Waals surface area contributed by atoms with Crippen molar-refractivity contribution in [2.75, 3.05) is 24.5 Å². The smallest absolute Gasteiger partial charge is 0.387 e. The minimum Gasteiger partial charge on any atom is -0.434 e. The Balaban J connectivity index is 1.46. The van der Waals surface area contributed by atoms with Gasteiger partial charge in [-0.15, -0.1) is 0 Å². The van der Waals surface area contributed by atoms with E-state index in [0.29, 0.717) is 47.6 Å².